The third-order valence-electron chi connectivity index (χ3n) is 6.18. The lowest BCUT2D eigenvalue weighted by atomic mass is 9.81. The molecule has 1 aromatic rings. The van der Waals surface area contributed by atoms with E-state index in [2.05, 4.69) is 47.4 Å². The summed E-state index contributed by atoms with van der Waals surface area (Å²) in [5.41, 5.74) is 1.21. The molecular formula is C23H26NO3P. The number of ether oxygens (including phenoxy) is 1. The number of nitrogens with zero attached hydrogens (tertiary/aromatic N) is 1. The minimum absolute atomic E-state index is 0.00627. The van der Waals surface area contributed by atoms with E-state index in [1.54, 1.807) is 0 Å². The molecule has 0 radical (unpaired) electrons. The van der Waals surface area contributed by atoms with Crippen LogP contribution in [0.4, 0.5) is 0 Å². The third kappa shape index (κ3) is 3.34. The molecule has 4 nitrogen and oxygen atoms in total. The third-order valence-corrected chi connectivity index (χ3v) is 9.15. The molecule has 0 bridgehead atoms. The van der Waals surface area contributed by atoms with Gasteiger partial charge in [-0.25, -0.2) is 0 Å². The van der Waals surface area contributed by atoms with Gasteiger partial charge in [-0.2, -0.15) is 0 Å². The van der Waals surface area contributed by atoms with Crippen molar-refractivity contribution in [3.8, 4) is 5.75 Å². The van der Waals surface area contributed by atoms with Gasteiger partial charge in [0.15, 0.2) is 0 Å². The summed E-state index contributed by atoms with van der Waals surface area (Å²) in [7, 11) is -2.76. The first-order chi connectivity index (χ1) is 13.7. The molecule has 0 N–H and O–H groups in total. The van der Waals surface area contributed by atoms with Crippen molar-refractivity contribution in [1.29, 1.82) is 0 Å². The van der Waals surface area contributed by atoms with E-state index >= 15 is 0 Å². The molecule has 1 aromatic carbocycles. The molecule has 5 atom stereocenters. The minimum Gasteiger partial charge on any atom is -0.478 e. The molecule has 0 spiro atoms. The van der Waals surface area contributed by atoms with Crippen LogP contribution in [0.5, 0.6) is 5.75 Å². The Morgan fingerprint density at radius 2 is 1.79 bits per heavy atom. The van der Waals surface area contributed by atoms with Gasteiger partial charge in [0.25, 0.3) is 0 Å². The highest BCUT2D eigenvalue weighted by Gasteiger charge is 2.48. The first kappa shape index (κ1) is 18.2. The molecule has 5 rings (SSSR count). The van der Waals surface area contributed by atoms with E-state index < -0.39 is 7.37 Å². The van der Waals surface area contributed by atoms with E-state index in [1.165, 1.54) is 5.56 Å². The Bertz CT molecular complexity index is 903. The second-order valence-corrected chi connectivity index (χ2v) is 10.7. The summed E-state index contributed by atoms with van der Waals surface area (Å²) in [5, 5.41) is 0. The molecule has 0 amide bonds. The molecule has 0 saturated carbocycles. The van der Waals surface area contributed by atoms with Crippen LogP contribution in [0.25, 0.3) is 0 Å². The summed E-state index contributed by atoms with van der Waals surface area (Å²) in [6, 6.07) is 8.18. The van der Waals surface area contributed by atoms with Crippen LogP contribution in [0.2, 0.25) is 0 Å². The van der Waals surface area contributed by atoms with Crippen molar-refractivity contribution in [2.75, 3.05) is 19.4 Å². The van der Waals surface area contributed by atoms with Crippen molar-refractivity contribution in [2.24, 2.45) is 11.8 Å². The van der Waals surface area contributed by atoms with Crippen LogP contribution in [0.1, 0.15) is 12.0 Å². The molecule has 4 aliphatic rings. The van der Waals surface area contributed by atoms with Gasteiger partial charge in [0.05, 0.1) is 11.8 Å². The normalized spacial score (nSPS) is 35.7. The van der Waals surface area contributed by atoms with Crippen LogP contribution < -0.4 is 4.74 Å². The first-order valence-corrected chi connectivity index (χ1v) is 12.0. The zero-order valence-corrected chi connectivity index (χ0v) is 16.8. The van der Waals surface area contributed by atoms with Crippen molar-refractivity contribution in [3.63, 3.8) is 0 Å². The number of allylic oxidation sites excluding steroid dienone is 6. The van der Waals surface area contributed by atoms with Gasteiger partial charge in [0.2, 0.25) is 7.37 Å². The van der Waals surface area contributed by atoms with Gasteiger partial charge in [0, 0.05) is 36.7 Å². The lowest BCUT2D eigenvalue weighted by Gasteiger charge is -2.45. The summed E-state index contributed by atoms with van der Waals surface area (Å²) in [6.07, 6.45) is 18.2. The summed E-state index contributed by atoms with van der Waals surface area (Å²) in [4.78, 5) is 2.28. The van der Waals surface area contributed by atoms with Crippen molar-refractivity contribution >= 4 is 7.37 Å². The zero-order chi connectivity index (χ0) is 19.0. The highest BCUT2D eigenvalue weighted by molar-refractivity contribution is 7.60. The highest BCUT2D eigenvalue weighted by atomic mass is 31.2. The molecule has 5 unspecified atom stereocenters. The van der Waals surface area contributed by atoms with Crippen molar-refractivity contribution in [3.05, 3.63) is 78.4 Å². The number of hydrogen-bond donors (Lipinski definition) is 0. The van der Waals surface area contributed by atoms with E-state index in [4.69, 9.17) is 9.26 Å². The average molecular weight is 395 g/mol. The fraction of sp³-hybridized carbons (Fsp3) is 0.391. The van der Waals surface area contributed by atoms with Gasteiger partial charge in [-0.15, -0.1) is 0 Å². The van der Waals surface area contributed by atoms with Gasteiger partial charge in [-0.1, -0.05) is 66.8 Å². The van der Waals surface area contributed by atoms with Crippen LogP contribution in [0.3, 0.4) is 0 Å². The summed E-state index contributed by atoms with van der Waals surface area (Å²) < 4.78 is 26.0. The number of para-hydroxylation sites is 1. The molecule has 1 fully saturated rings. The summed E-state index contributed by atoms with van der Waals surface area (Å²) in [6.45, 7) is 2.34. The Kier molecular flexibility index (Phi) is 4.88. The maximum atomic E-state index is 13.9. The molecule has 2 aliphatic carbocycles. The summed E-state index contributed by atoms with van der Waals surface area (Å²) >= 11 is 0. The number of rotatable bonds is 4. The quantitative estimate of drug-likeness (QED) is 0.689. The fourth-order valence-electron chi connectivity index (χ4n) is 4.78. The molecule has 2 aliphatic heterocycles. The highest BCUT2D eigenvalue weighted by Crippen LogP contribution is 2.63. The molecular weight excluding hydrogens is 369 g/mol. The molecule has 146 valence electrons. The van der Waals surface area contributed by atoms with Gasteiger partial charge in [-0.3, -0.25) is 9.46 Å². The standard InChI is InChI=1S/C23H26NO3P/c25-28(15-7-14-24-16-18-8-1-4-11-21(18)26-17-24)23-13-6-3-10-20(23)19-9-2-5-12-22(19)27-28/h1-6,8-13,19-20,22-23H,7,14-17H2. The van der Waals surface area contributed by atoms with Crippen molar-refractivity contribution < 1.29 is 13.8 Å². The largest absolute Gasteiger partial charge is 0.478 e. The van der Waals surface area contributed by atoms with Crippen LogP contribution in [0.15, 0.2) is 72.9 Å². The molecule has 1 saturated heterocycles. The van der Waals surface area contributed by atoms with E-state index in [-0.39, 0.29) is 23.6 Å². The fourth-order valence-corrected chi connectivity index (χ4v) is 7.71. The maximum Gasteiger partial charge on any atom is 0.211 e. The SMILES string of the molecule is O=P1(CCCN2COc3ccccc3C2)OC2C=CC=CC2C2C=CC=CC21. The topological polar surface area (TPSA) is 38.8 Å². The number of fused-ring (bicyclic) bond motifs is 4. The second-order valence-electron chi connectivity index (χ2n) is 7.99. The van der Waals surface area contributed by atoms with Crippen LogP contribution in [-0.2, 0) is 15.6 Å². The number of benzene rings is 1. The van der Waals surface area contributed by atoms with E-state index in [0.717, 1.165) is 25.3 Å². The van der Waals surface area contributed by atoms with E-state index in [9.17, 15) is 4.57 Å². The second kappa shape index (κ2) is 7.51. The average Bonchev–Trinajstić information content (AvgIpc) is 2.74. The Balaban J connectivity index is 1.25. The molecule has 0 aromatic heterocycles. The lowest BCUT2D eigenvalue weighted by Crippen LogP contribution is -2.41. The van der Waals surface area contributed by atoms with Gasteiger partial charge in [-0.05, 0) is 12.5 Å². The molecule has 2 heterocycles. The first-order valence-electron chi connectivity index (χ1n) is 10.1. The van der Waals surface area contributed by atoms with Crippen molar-refractivity contribution in [1.82, 2.24) is 4.90 Å². The Morgan fingerprint density at radius 1 is 1.00 bits per heavy atom. The lowest BCUT2D eigenvalue weighted by molar-refractivity contribution is 0.0947. The smallest absolute Gasteiger partial charge is 0.211 e. The Labute approximate surface area is 166 Å². The van der Waals surface area contributed by atoms with Crippen molar-refractivity contribution in [2.45, 2.75) is 24.7 Å². The predicted molar refractivity (Wildman–Crippen MR) is 112 cm³/mol. The van der Waals surface area contributed by atoms with E-state index in [1.807, 2.05) is 30.4 Å². The van der Waals surface area contributed by atoms with Crippen LogP contribution in [-0.4, -0.2) is 36.1 Å². The Morgan fingerprint density at radius 3 is 2.71 bits per heavy atom. The van der Waals surface area contributed by atoms with E-state index in [0.29, 0.717) is 12.9 Å². The number of hydrogen-bond acceptors (Lipinski definition) is 4. The zero-order valence-electron chi connectivity index (χ0n) is 15.9. The van der Waals surface area contributed by atoms with Gasteiger partial charge in [0.1, 0.15) is 12.5 Å². The molecule has 28 heavy (non-hydrogen) atoms. The predicted octanol–water partition coefficient (Wildman–Crippen LogP) is 4.76. The Hall–Kier alpha value is -1.87. The maximum absolute atomic E-state index is 13.9. The minimum atomic E-state index is -2.76. The van der Waals surface area contributed by atoms with Crippen LogP contribution >= 0.6 is 7.37 Å². The summed E-state index contributed by atoms with van der Waals surface area (Å²) in [5.74, 6) is 1.53. The molecule has 5 heteroatoms. The van der Waals surface area contributed by atoms with Gasteiger partial charge < -0.3 is 9.26 Å². The monoisotopic (exact) mass is 395 g/mol. The van der Waals surface area contributed by atoms with Crippen LogP contribution in [0, 0.1) is 11.8 Å². The van der Waals surface area contributed by atoms with Gasteiger partial charge >= 0.3 is 0 Å².